The zero-order valence-electron chi connectivity index (χ0n) is 8.01. The summed E-state index contributed by atoms with van der Waals surface area (Å²) in [5.74, 6) is -0.401. The summed E-state index contributed by atoms with van der Waals surface area (Å²) in [6, 6.07) is 3.00. The maximum Gasteiger partial charge on any atom is 0.289 e. The molecule has 0 radical (unpaired) electrons. The van der Waals surface area contributed by atoms with Gasteiger partial charge in [0, 0.05) is 22.3 Å². The second-order valence-corrected chi connectivity index (χ2v) is 5.47. The van der Waals surface area contributed by atoms with E-state index in [4.69, 9.17) is 10.7 Å². The second kappa shape index (κ2) is 4.18. The van der Waals surface area contributed by atoms with Crippen LogP contribution >= 0.6 is 10.7 Å². The van der Waals surface area contributed by atoms with E-state index in [9.17, 15) is 23.3 Å². The predicted octanol–water partition coefficient (Wildman–Crippen LogP) is 1.72. The third-order valence-corrected chi connectivity index (χ3v) is 3.19. The molecule has 0 aliphatic rings. The van der Waals surface area contributed by atoms with E-state index in [0.717, 1.165) is 12.1 Å². The Hall–Kier alpha value is -1.47. The molecule has 16 heavy (non-hydrogen) atoms. The molecule has 0 saturated heterocycles. The molecular weight excluding hydrogens is 258 g/mol. The first-order valence-corrected chi connectivity index (χ1v) is 6.28. The van der Waals surface area contributed by atoms with Gasteiger partial charge >= 0.3 is 0 Å². The maximum absolute atomic E-state index is 11.0. The van der Waals surface area contributed by atoms with Gasteiger partial charge < -0.3 is 0 Å². The Kier molecular flexibility index (Phi) is 3.30. The van der Waals surface area contributed by atoms with Crippen LogP contribution in [0.15, 0.2) is 23.1 Å². The lowest BCUT2D eigenvalue weighted by Gasteiger charge is -2.00. The number of nitro groups is 1. The lowest BCUT2D eigenvalue weighted by atomic mass is 10.1. The van der Waals surface area contributed by atoms with Crippen LogP contribution < -0.4 is 0 Å². The molecule has 1 rings (SSSR count). The van der Waals surface area contributed by atoms with E-state index in [2.05, 4.69) is 0 Å². The van der Waals surface area contributed by atoms with Crippen molar-refractivity contribution in [3.8, 4) is 0 Å². The van der Waals surface area contributed by atoms with Gasteiger partial charge in [0.15, 0.2) is 10.7 Å². The van der Waals surface area contributed by atoms with E-state index >= 15 is 0 Å². The standard InChI is InChI=1S/C8H6ClNO5S/c1-5(11)6-2-3-8(16(9,14)15)7(4-6)10(12)13/h2-4H,1H3. The lowest BCUT2D eigenvalue weighted by molar-refractivity contribution is -0.387. The van der Waals surface area contributed by atoms with Gasteiger partial charge in [-0.25, -0.2) is 8.42 Å². The zero-order chi connectivity index (χ0) is 12.5. The Morgan fingerprint density at radius 2 is 2.00 bits per heavy atom. The highest BCUT2D eigenvalue weighted by molar-refractivity contribution is 8.13. The minimum absolute atomic E-state index is 0.0516. The summed E-state index contributed by atoms with van der Waals surface area (Å²) in [6.07, 6.45) is 0. The van der Waals surface area contributed by atoms with E-state index in [1.807, 2.05) is 0 Å². The molecule has 0 amide bonds. The fourth-order valence-corrected chi connectivity index (χ4v) is 2.09. The fraction of sp³-hybridized carbons (Fsp3) is 0.125. The van der Waals surface area contributed by atoms with Gasteiger partial charge in [0.25, 0.3) is 14.7 Å². The molecule has 0 spiro atoms. The van der Waals surface area contributed by atoms with E-state index < -0.39 is 30.3 Å². The molecule has 1 aromatic carbocycles. The first kappa shape index (κ1) is 12.6. The van der Waals surface area contributed by atoms with Crippen molar-refractivity contribution in [2.24, 2.45) is 0 Å². The molecule has 0 unspecified atom stereocenters. The monoisotopic (exact) mass is 263 g/mol. The molecule has 0 aliphatic heterocycles. The number of hydrogen-bond acceptors (Lipinski definition) is 5. The van der Waals surface area contributed by atoms with Crippen molar-refractivity contribution in [3.63, 3.8) is 0 Å². The van der Waals surface area contributed by atoms with Gasteiger partial charge in [-0.3, -0.25) is 14.9 Å². The summed E-state index contributed by atoms with van der Waals surface area (Å²) >= 11 is 0. The number of Topliss-reactive ketones (excluding diaryl/α,β-unsaturated/α-hetero) is 1. The number of nitrogens with zero attached hydrogens (tertiary/aromatic N) is 1. The summed E-state index contributed by atoms with van der Waals surface area (Å²) in [5, 5.41) is 10.6. The van der Waals surface area contributed by atoms with Crippen molar-refractivity contribution < 1.29 is 18.1 Å². The quantitative estimate of drug-likeness (QED) is 0.358. The molecule has 0 fully saturated rings. The summed E-state index contributed by atoms with van der Waals surface area (Å²) in [6.45, 7) is 1.22. The molecule has 0 aliphatic carbocycles. The smallest absolute Gasteiger partial charge is 0.289 e. The van der Waals surface area contributed by atoms with Crippen LogP contribution in [0.25, 0.3) is 0 Å². The number of nitro benzene ring substituents is 1. The average Bonchev–Trinajstić information content (AvgIpc) is 2.15. The molecule has 0 aromatic heterocycles. The van der Waals surface area contributed by atoms with E-state index in [1.54, 1.807) is 0 Å². The molecule has 86 valence electrons. The largest absolute Gasteiger partial charge is 0.295 e. The second-order valence-electron chi connectivity index (χ2n) is 2.93. The van der Waals surface area contributed by atoms with Crippen molar-refractivity contribution in [2.45, 2.75) is 11.8 Å². The maximum atomic E-state index is 11.0. The van der Waals surface area contributed by atoms with Gasteiger partial charge in [0.2, 0.25) is 0 Å². The van der Waals surface area contributed by atoms with Crippen molar-refractivity contribution in [1.82, 2.24) is 0 Å². The normalized spacial score (nSPS) is 11.1. The lowest BCUT2D eigenvalue weighted by Crippen LogP contribution is -2.01. The average molecular weight is 264 g/mol. The minimum Gasteiger partial charge on any atom is -0.295 e. The van der Waals surface area contributed by atoms with E-state index in [-0.39, 0.29) is 5.56 Å². The summed E-state index contributed by atoms with van der Waals surface area (Å²) in [7, 11) is 0.821. The summed E-state index contributed by atoms with van der Waals surface area (Å²) < 4.78 is 22.0. The number of benzene rings is 1. The van der Waals surface area contributed by atoms with E-state index in [0.29, 0.717) is 0 Å². The number of carbonyl (C=O) groups is 1. The third kappa shape index (κ3) is 2.56. The number of hydrogen-bond donors (Lipinski definition) is 0. The van der Waals surface area contributed by atoms with Crippen LogP contribution in [0, 0.1) is 10.1 Å². The highest BCUT2D eigenvalue weighted by Gasteiger charge is 2.24. The molecule has 8 heteroatoms. The minimum atomic E-state index is -4.20. The Bertz CT molecular complexity index is 566. The highest BCUT2D eigenvalue weighted by Crippen LogP contribution is 2.27. The van der Waals surface area contributed by atoms with Crippen LogP contribution in [0.1, 0.15) is 17.3 Å². The van der Waals surface area contributed by atoms with Crippen LogP contribution in [-0.2, 0) is 9.05 Å². The summed E-state index contributed by atoms with van der Waals surface area (Å²) in [5.41, 5.74) is -0.654. The molecule has 0 saturated carbocycles. The molecule has 0 atom stereocenters. The van der Waals surface area contributed by atoms with Crippen LogP contribution in [0.3, 0.4) is 0 Å². The first-order chi connectivity index (χ1) is 7.23. The first-order valence-electron chi connectivity index (χ1n) is 3.97. The van der Waals surface area contributed by atoms with Crippen molar-refractivity contribution in [3.05, 3.63) is 33.9 Å². The van der Waals surface area contributed by atoms with Crippen molar-refractivity contribution >= 4 is 31.2 Å². The van der Waals surface area contributed by atoms with Crippen molar-refractivity contribution in [2.75, 3.05) is 0 Å². The summed E-state index contributed by atoms with van der Waals surface area (Å²) in [4.78, 5) is 20.1. The number of rotatable bonds is 3. The zero-order valence-corrected chi connectivity index (χ0v) is 9.58. The Labute approximate surface area is 95.4 Å². The molecule has 1 aromatic rings. The number of halogens is 1. The van der Waals surface area contributed by atoms with Gasteiger partial charge in [0.05, 0.1) is 4.92 Å². The van der Waals surface area contributed by atoms with Crippen LogP contribution in [-0.4, -0.2) is 19.1 Å². The SMILES string of the molecule is CC(=O)c1ccc(S(=O)(=O)Cl)c([N+](=O)[O-])c1. The predicted molar refractivity (Wildman–Crippen MR) is 56.1 cm³/mol. The molecule has 0 bridgehead atoms. The van der Waals surface area contributed by atoms with Crippen LogP contribution in [0.4, 0.5) is 5.69 Å². The van der Waals surface area contributed by atoms with Gasteiger partial charge in [-0.2, -0.15) is 0 Å². The molecular formula is C8H6ClNO5S. The van der Waals surface area contributed by atoms with Gasteiger partial charge in [-0.05, 0) is 19.1 Å². The Balaban J connectivity index is 3.55. The Morgan fingerprint density at radius 1 is 1.44 bits per heavy atom. The molecule has 0 heterocycles. The topological polar surface area (TPSA) is 94.3 Å². The number of carbonyl (C=O) groups excluding carboxylic acids is 1. The van der Waals surface area contributed by atoms with E-state index in [1.165, 1.54) is 13.0 Å². The van der Waals surface area contributed by atoms with Gasteiger partial charge in [0.1, 0.15) is 0 Å². The molecule has 6 nitrogen and oxygen atoms in total. The molecule has 0 N–H and O–H groups in total. The number of ketones is 1. The highest BCUT2D eigenvalue weighted by atomic mass is 35.7. The van der Waals surface area contributed by atoms with Crippen LogP contribution in [0.2, 0.25) is 0 Å². The fourth-order valence-electron chi connectivity index (χ4n) is 1.09. The van der Waals surface area contributed by atoms with Gasteiger partial charge in [-0.1, -0.05) is 0 Å². The van der Waals surface area contributed by atoms with Gasteiger partial charge in [-0.15, -0.1) is 0 Å². The van der Waals surface area contributed by atoms with Crippen molar-refractivity contribution in [1.29, 1.82) is 0 Å². The third-order valence-electron chi connectivity index (χ3n) is 1.82. The Morgan fingerprint density at radius 3 is 2.38 bits per heavy atom. The van der Waals surface area contributed by atoms with Crippen LogP contribution in [0.5, 0.6) is 0 Å².